The Kier molecular flexibility index (Phi) is 3.50. The maximum atomic E-state index is 11.4. The van der Waals surface area contributed by atoms with Crippen LogP contribution in [0.5, 0.6) is 0 Å². The number of carbonyl (C=O) groups excluding carboxylic acids is 1. The van der Waals surface area contributed by atoms with Crippen molar-refractivity contribution in [2.24, 2.45) is 11.3 Å². The van der Waals surface area contributed by atoms with Crippen LogP contribution < -0.4 is 0 Å². The molecule has 0 radical (unpaired) electrons. The summed E-state index contributed by atoms with van der Waals surface area (Å²) in [6, 6.07) is 0. The fourth-order valence-electron chi connectivity index (χ4n) is 2.25. The minimum absolute atomic E-state index is 0.0404. The summed E-state index contributed by atoms with van der Waals surface area (Å²) in [5, 5.41) is 9.22. The summed E-state index contributed by atoms with van der Waals surface area (Å²) >= 11 is 0. The van der Waals surface area contributed by atoms with Crippen molar-refractivity contribution < 1.29 is 9.90 Å². The Labute approximate surface area is 91.7 Å². The first kappa shape index (κ1) is 12.2. The van der Waals surface area contributed by atoms with E-state index in [9.17, 15) is 9.90 Å². The zero-order valence-electron chi connectivity index (χ0n) is 9.95. The van der Waals surface area contributed by atoms with Crippen LogP contribution in [0.25, 0.3) is 0 Å². The van der Waals surface area contributed by atoms with Gasteiger partial charge in [0.2, 0.25) is 0 Å². The highest BCUT2D eigenvalue weighted by Crippen LogP contribution is 2.40. The maximum absolute atomic E-state index is 11.4. The van der Waals surface area contributed by atoms with Crippen LogP contribution in [0.15, 0.2) is 23.8 Å². The lowest BCUT2D eigenvalue weighted by atomic mass is 9.68. The van der Waals surface area contributed by atoms with E-state index in [4.69, 9.17) is 0 Å². The zero-order valence-corrected chi connectivity index (χ0v) is 9.95. The number of hydrogen-bond donors (Lipinski definition) is 1. The largest absolute Gasteiger partial charge is 0.389 e. The molecule has 2 nitrogen and oxygen atoms in total. The number of aliphatic hydroxyl groups excluding tert-OH is 1. The highest BCUT2D eigenvalue weighted by atomic mass is 16.3. The fraction of sp³-hybridized carbons (Fsp3) is 0.615. The van der Waals surface area contributed by atoms with Gasteiger partial charge >= 0.3 is 0 Å². The summed E-state index contributed by atoms with van der Waals surface area (Å²) < 4.78 is 0. The first-order chi connectivity index (χ1) is 6.83. The molecule has 0 aromatic carbocycles. The second kappa shape index (κ2) is 4.31. The fourth-order valence-corrected chi connectivity index (χ4v) is 2.25. The van der Waals surface area contributed by atoms with Crippen LogP contribution >= 0.6 is 0 Å². The van der Waals surface area contributed by atoms with Gasteiger partial charge in [0.1, 0.15) is 0 Å². The average molecular weight is 208 g/mol. The second-order valence-electron chi connectivity index (χ2n) is 5.12. The molecule has 0 saturated heterocycles. The molecule has 15 heavy (non-hydrogen) atoms. The quantitative estimate of drug-likeness (QED) is 0.708. The highest BCUT2D eigenvalue weighted by molar-refractivity contribution is 5.92. The van der Waals surface area contributed by atoms with E-state index >= 15 is 0 Å². The van der Waals surface area contributed by atoms with Gasteiger partial charge in [0.15, 0.2) is 5.78 Å². The van der Waals surface area contributed by atoms with Crippen molar-refractivity contribution in [1.82, 2.24) is 0 Å². The second-order valence-corrected chi connectivity index (χ2v) is 5.12. The van der Waals surface area contributed by atoms with E-state index in [1.807, 2.05) is 13.0 Å². The minimum atomic E-state index is -0.425. The number of ketones is 1. The minimum Gasteiger partial charge on any atom is -0.389 e. The molecule has 1 rings (SSSR count). The molecule has 0 aromatic rings. The molecule has 0 bridgehead atoms. The molecule has 2 atom stereocenters. The van der Waals surface area contributed by atoms with E-state index in [0.29, 0.717) is 6.42 Å². The number of carbonyl (C=O) groups is 1. The summed E-state index contributed by atoms with van der Waals surface area (Å²) in [4.78, 5) is 11.4. The Bertz CT molecular complexity index is 308. The van der Waals surface area contributed by atoms with Crippen molar-refractivity contribution in [2.75, 3.05) is 0 Å². The average Bonchev–Trinajstić information content (AvgIpc) is 1.98. The van der Waals surface area contributed by atoms with Crippen molar-refractivity contribution in [3.05, 3.63) is 23.8 Å². The molecular formula is C13H20O2. The lowest BCUT2D eigenvalue weighted by molar-refractivity contribution is -0.117. The first-order valence-electron chi connectivity index (χ1n) is 5.40. The van der Waals surface area contributed by atoms with Crippen LogP contribution in [0, 0.1) is 11.3 Å². The van der Waals surface area contributed by atoms with E-state index < -0.39 is 6.10 Å². The Morgan fingerprint density at radius 2 is 2.20 bits per heavy atom. The Hall–Kier alpha value is -0.890. The van der Waals surface area contributed by atoms with E-state index in [2.05, 4.69) is 13.8 Å². The third-order valence-electron chi connectivity index (χ3n) is 2.93. The van der Waals surface area contributed by atoms with Crippen LogP contribution in [0.1, 0.15) is 34.1 Å². The van der Waals surface area contributed by atoms with Gasteiger partial charge in [0.25, 0.3) is 0 Å². The van der Waals surface area contributed by atoms with E-state index in [-0.39, 0.29) is 17.1 Å². The normalized spacial score (nSPS) is 27.9. The van der Waals surface area contributed by atoms with Gasteiger partial charge in [-0.05, 0) is 25.3 Å². The van der Waals surface area contributed by atoms with Crippen molar-refractivity contribution >= 4 is 5.78 Å². The van der Waals surface area contributed by atoms with Gasteiger partial charge in [-0.1, -0.05) is 31.6 Å². The molecule has 0 amide bonds. The van der Waals surface area contributed by atoms with Crippen molar-refractivity contribution in [1.29, 1.82) is 0 Å². The van der Waals surface area contributed by atoms with Crippen LogP contribution in [-0.4, -0.2) is 17.0 Å². The predicted molar refractivity (Wildman–Crippen MR) is 61.5 cm³/mol. The van der Waals surface area contributed by atoms with Gasteiger partial charge in [-0.2, -0.15) is 0 Å². The molecule has 0 aromatic heterocycles. The van der Waals surface area contributed by atoms with Gasteiger partial charge in [-0.15, -0.1) is 0 Å². The van der Waals surface area contributed by atoms with Crippen LogP contribution in [0.3, 0.4) is 0 Å². The first-order valence-corrected chi connectivity index (χ1v) is 5.40. The Balaban J connectivity index is 2.94. The molecule has 1 unspecified atom stereocenters. The molecule has 0 aliphatic heterocycles. The monoisotopic (exact) mass is 208 g/mol. The van der Waals surface area contributed by atoms with Gasteiger partial charge < -0.3 is 5.11 Å². The van der Waals surface area contributed by atoms with Crippen molar-refractivity contribution in [3.8, 4) is 0 Å². The summed E-state index contributed by atoms with van der Waals surface area (Å²) in [6.07, 6.45) is 5.69. The molecule has 0 fully saturated rings. The standard InChI is InChI=1S/C13H20O2/c1-9-7-11(15)8-13(3,4)12(9)6-5-10(2)14/h5-7,10,12,14H,8H2,1-4H3/b6-5+/t10-,12?/m1/s1. The lowest BCUT2D eigenvalue weighted by Crippen LogP contribution is -2.30. The van der Waals surface area contributed by atoms with Crippen LogP contribution in [0.2, 0.25) is 0 Å². The molecule has 1 aliphatic carbocycles. The highest BCUT2D eigenvalue weighted by Gasteiger charge is 2.34. The summed E-state index contributed by atoms with van der Waals surface area (Å²) in [6.45, 7) is 7.91. The van der Waals surface area contributed by atoms with Crippen LogP contribution in [0.4, 0.5) is 0 Å². The molecule has 2 heteroatoms. The topological polar surface area (TPSA) is 37.3 Å². The molecule has 1 N–H and O–H groups in total. The molecule has 0 saturated carbocycles. The van der Waals surface area contributed by atoms with Crippen molar-refractivity contribution in [3.63, 3.8) is 0 Å². The molecule has 1 aliphatic rings. The Morgan fingerprint density at radius 1 is 1.60 bits per heavy atom. The van der Waals surface area contributed by atoms with E-state index in [0.717, 1.165) is 5.57 Å². The molecular weight excluding hydrogens is 188 g/mol. The lowest BCUT2D eigenvalue weighted by Gasteiger charge is -2.35. The predicted octanol–water partition coefficient (Wildman–Crippen LogP) is 2.48. The van der Waals surface area contributed by atoms with E-state index in [1.54, 1.807) is 19.1 Å². The number of rotatable bonds is 2. The third kappa shape index (κ3) is 3.03. The zero-order chi connectivity index (χ0) is 11.6. The number of allylic oxidation sites excluding steroid dienone is 3. The number of aliphatic hydroxyl groups is 1. The smallest absolute Gasteiger partial charge is 0.156 e. The summed E-state index contributed by atoms with van der Waals surface area (Å²) in [5.41, 5.74) is 1.05. The SMILES string of the molecule is CC1=CC(=O)CC(C)(C)C1/C=C/[C@@H](C)O. The molecule has 0 spiro atoms. The van der Waals surface area contributed by atoms with Crippen LogP contribution in [-0.2, 0) is 4.79 Å². The summed E-state index contributed by atoms with van der Waals surface area (Å²) in [7, 11) is 0. The molecule has 0 heterocycles. The van der Waals surface area contributed by atoms with Gasteiger partial charge in [-0.3, -0.25) is 4.79 Å². The van der Waals surface area contributed by atoms with E-state index in [1.165, 1.54) is 0 Å². The van der Waals surface area contributed by atoms with Gasteiger partial charge in [-0.25, -0.2) is 0 Å². The summed E-state index contributed by atoms with van der Waals surface area (Å²) in [5.74, 6) is 0.462. The molecule has 84 valence electrons. The van der Waals surface area contributed by atoms with Crippen molar-refractivity contribution in [2.45, 2.75) is 40.2 Å². The maximum Gasteiger partial charge on any atom is 0.156 e. The van der Waals surface area contributed by atoms with Gasteiger partial charge in [0, 0.05) is 12.3 Å². The third-order valence-corrected chi connectivity index (χ3v) is 2.93. The Morgan fingerprint density at radius 3 is 2.67 bits per heavy atom. The number of hydrogen-bond acceptors (Lipinski definition) is 2. The van der Waals surface area contributed by atoms with Gasteiger partial charge in [0.05, 0.1) is 6.10 Å².